The maximum atomic E-state index is 12.6. The maximum absolute atomic E-state index is 12.6. The molecule has 0 spiro atoms. The molecule has 0 radical (unpaired) electrons. The predicted octanol–water partition coefficient (Wildman–Crippen LogP) is 4.86. The molecule has 22 heavy (non-hydrogen) atoms. The average molecular weight is 293 g/mol. The lowest BCUT2D eigenvalue weighted by atomic mass is 10.1. The number of carbonyl (C=O) groups excluding carboxylic acids is 1. The molecule has 0 fully saturated rings. The van der Waals surface area contributed by atoms with E-state index in [1.165, 1.54) is 0 Å². The van der Waals surface area contributed by atoms with Gasteiger partial charge in [0.1, 0.15) is 5.58 Å². The number of para-hydroxylation sites is 1. The van der Waals surface area contributed by atoms with Crippen LogP contribution in [0.2, 0.25) is 0 Å². The van der Waals surface area contributed by atoms with Gasteiger partial charge in [0.25, 0.3) is 5.91 Å². The summed E-state index contributed by atoms with van der Waals surface area (Å²) in [4.78, 5) is 12.6. The molecule has 0 aliphatic rings. The van der Waals surface area contributed by atoms with Crippen LogP contribution in [0.3, 0.4) is 0 Å². The zero-order chi connectivity index (χ0) is 15.7. The Kier molecular flexibility index (Phi) is 3.72. The summed E-state index contributed by atoms with van der Waals surface area (Å²) < 4.78 is 5.75. The number of amides is 1. The number of carbonyl (C=O) groups is 1. The van der Waals surface area contributed by atoms with Crippen molar-refractivity contribution in [1.82, 2.24) is 0 Å². The van der Waals surface area contributed by atoms with E-state index >= 15 is 0 Å². The topological polar surface area (TPSA) is 42.2 Å². The molecule has 3 heteroatoms. The van der Waals surface area contributed by atoms with Gasteiger partial charge < -0.3 is 9.73 Å². The van der Waals surface area contributed by atoms with Crippen molar-refractivity contribution in [3.8, 4) is 0 Å². The van der Waals surface area contributed by atoms with Crippen molar-refractivity contribution in [2.75, 3.05) is 5.32 Å². The molecule has 0 saturated carbocycles. The van der Waals surface area contributed by atoms with Gasteiger partial charge in [-0.1, -0.05) is 36.8 Å². The Hall–Kier alpha value is -2.55. The van der Waals surface area contributed by atoms with Gasteiger partial charge in [-0.2, -0.15) is 0 Å². The number of furan rings is 1. The number of hydrogen-bond donors (Lipinski definition) is 1. The van der Waals surface area contributed by atoms with Crippen LogP contribution in [0, 0.1) is 13.8 Å². The summed E-state index contributed by atoms with van der Waals surface area (Å²) in [6.07, 6.45) is 0.870. The van der Waals surface area contributed by atoms with Crippen LogP contribution in [0.4, 0.5) is 5.69 Å². The minimum Gasteiger partial charge on any atom is -0.451 e. The van der Waals surface area contributed by atoms with E-state index in [4.69, 9.17) is 4.42 Å². The molecule has 1 amide bonds. The van der Waals surface area contributed by atoms with Gasteiger partial charge in [0.15, 0.2) is 5.76 Å². The summed E-state index contributed by atoms with van der Waals surface area (Å²) in [6.45, 7) is 6.02. The van der Waals surface area contributed by atoms with Crippen molar-refractivity contribution < 1.29 is 9.21 Å². The van der Waals surface area contributed by atoms with Crippen LogP contribution in [0.5, 0.6) is 0 Å². The molecular formula is C19H19NO2. The fourth-order valence-corrected chi connectivity index (χ4v) is 2.68. The monoisotopic (exact) mass is 293 g/mol. The van der Waals surface area contributed by atoms with Crippen molar-refractivity contribution >= 4 is 22.6 Å². The number of fused-ring (bicyclic) bond motifs is 1. The second-order valence-corrected chi connectivity index (χ2v) is 5.52. The lowest BCUT2D eigenvalue weighted by Crippen LogP contribution is -2.13. The molecule has 0 saturated heterocycles. The van der Waals surface area contributed by atoms with Gasteiger partial charge in [0.05, 0.1) is 0 Å². The molecule has 3 nitrogen and oxygen atoms in total. The van der Waals surface area contributed by atoms with Crippen molar-refractivity contribution in [3.63, 3.8) is 0 Å². The van der Waals surface area contributed by atoms with Crippen LogP contribution >= 0.6 is 0 Å². The SMILES string of the molecule is CCc1ccccc1NC(=O)c1oc2ccc(C)cc2c1C. The first kappa shape index (κ1) is 14.4. The van der Waals surface area contributed by atoms with E-state index in [1.807, 2.05) is 56.3 Å². The van der Waals surface area contributed by atoms with Crippen LogP contribution in [0.25, 0.3) is 11.0 Å². The molecule has 0 atom stereocenters. The predicted molar refractivity (Wildman–Crippen MR) is 89.5 cm³/mol. The van der Waals surface area contributed by atoms with E-state index in [1.54, 1.807) is 0 Å². The Bertz CT molecular complexity index is 846. The molecule has 112 valence electrons. The number of anilines is 1. The highest BCUT2D eigenvalue weighted by molar-refractivity contribution is 6.06. The Morgan fingerprint density at radius 2 is 1.91 bits per heavy atom. The van der Waals surface area contributed by atoms with E-state index in [9.17, 15) is 4.79 Å². The number of benzene rings is 2. The standard InChI is InChI=1S/C19H19NO2/c1-4-14-7-5-6-8-16(14)20-19(21)18-13(3)15-11-12(2)9-10-17(15)22-18/h5-11H,4H2,1-3H3,(H,20,21). The lowest BCUT2D eigenvalue weighted by Gasteiger charge is -2.08. The Morgan fingerprint density at radius 3 is 2.68 bits per heavy atom. The molecule has 1 aromatic heterocycles. The summed E-state index contributed by atoms with van der Waals surface area (Å²) in [5, 5.41) is 3.96. The molecule has 2 aromatic carbocycles. The van der Waals surface area contributed by atoms with Crippen LogP contribution in [0.1, 0.15) is 34.2 Å². The Balaban J connectivity index is 1.97. The first-order valence-electron chi connectivity index (χ1n) is 7.49. The normalized spacial score (nSPS) is 10.9. The Morgan fingerprint density at radius 1 is 1.14 bits per heavy atom. The van der Waals surface area contributed by atoms with Crippen molar-refractivity contribution in [2.45, 2.75) is 27.2 Å². The number of nitrogens with one attached hydrogen (secondary N) is 1. The van der Waals surface area contributed by atoms with Gasteiger partial charge in [-0.25, -0.2) is 0 Å². The van der Waals surface area contributed by atoms with Gasteiger partial charge in [-0.3, -0.25) is 4.79 Å². The van der Waals surface area contributed by atoms with E-state index in [0.717, 1.165) is 39.8 Å². The van der Waals surface area contributed by atoms with Crippen LogP contribution in [-0.4, -0.2) is 5.91 Å². The highest BCUT2D eigenvalue weighted by Gasteiger charge is 2.18. The third-order valence-corrected chi connectivity index (χ3v) is 3.94. The largest absolute Gasteiger partial charge is 0.451 e. The Labute approximate surface area is 130 Å². The van der Waals surface area contributed by atoms with Gasteiger partial charge in [-0.05, 0) is 44.0 Å². The molecule has 3 rings (SSSR count). The zero-order valence-electron chi connectivity index (χ0n) is 13.1. The number of rotatable bonds is 3. The lowest BCUT2D eigenvalue weighted by molar-refractivity contribution is 0.0998. The zero-order valence-corrected chi connectivity index (χ0v) is 13.1. The van der Waals surface area contributed by atoms with Crippen LogP contribution < -0.4 is 5.32 Å². The minimum absolute atomic E-state index is 0.202. The van der Waals surface area contributed by atoms with Gasteiger partial charge >= 0.3 is 0 Å². The van der Waals surface area contributed by atoms with Crippen LogP contribution in [-0.2, 0) is 6.42 Å². The van der Waals surface area contributed by atoms with Crippen molar-refractivity contribution in [1.29, 1.82) is 0 Å². The van der Waals surface area contributed by atoms with Gasteiger partial charge in [0, 0.05) is 16.6 Å². The van der Waals surface area contributed by atoms with Crippen molar-refractivity contribution in [3.05, 3.63) is 64.9 Å². The molecule has 1 heterocycles. The highest BCUT2D eigenvalue weighted by atomic mass is 16.3. The maximum Gasteiger partial charge on any atom is 0.291 e. The first-order chi connectivity index (χ1) is 10.6. The second kappa shape index (κ2) is 5.68. The van der Waals surface area contributed by atoms with Gasteiger partial charge in [0.2, 0.25) is 0 Å². The third kappa shape index (κ3) is 2.50. The molecule has 3 aromatic rings. The molecule has 1 N–H and O–H groups in total. The summed E-state index contributed by atoms with van der Waals surface area (Å²) in [5.74, 6) is 0.179. The molecule has 0 aliphatic carbocycles. The summed E-state index contributed by atoms with van der Waals surface area (Å²) in [6, 6.07) is 13.8. The fourth-order valence-electron chi connectivity index (χ4n) is 2.68. The van der Waals surface area contributed by atoms with E-state index in [0.29, 0.717) is 5.76 Å². The summed E-state index contributed by atoms with van der Waals surface area (Å²) >= 11 is 0. The van der Waals surface area contributed by atoms with Crippen molar-refractivity contribution in [2.24, 2.45) is 0 Å². The average Bonchev–Trinajstić information content (AvgIpc) is 2.85. The smallest absolute Gasteiger partial charge is 0.291 e. The highest BCUT2D eigenvalue weighted by Crippen LogP contribution is 2.27. The molecule has 0 aliphatic heterocycles. The first-order valence-corrected chi connectivity index (χ1v) is 7.49. The quantitative estimate of drug-likeness (QED) is 0.749. The molecular weight excluding hydrogens is 274 g/mol. The summed E-state index contributed by atoms with van der Waals surface area (Å²) in [5.41, 5.74) is 4.73. The molecule has 0 bridgehead atoms. The van der Waals surface area contributed by atoms with E-state index in [-0.39, 0.29) is 5.91 Å². The number of aryl methyl sites for hydroxylation is 3. The van der Waals surface area contributed by atoms with Gasteiger partial charge in [-0.15, -0.1) is 0 Å². The number of hydrogen-bond acceptors (Lipinski definition) is 2. The minimum atomic E-state index is -0.202. The fraction of sp³-hybridized carbons (Fsp3) is 0.211. The summed E-state index contributed by atoms with van der Waals surface area (Å²) in [7, 11) is 0. The van der Waals surface area contributed by atoms with E-state index in [2.05, 4.69) is 12.2 Å². The van der Waals surface area contributed by atoms with Crippen LogP contribution in [0.15, 0.2) is 46.9 Å². The third-order valence-electron chi connectivity index (χ3n) is 3.94. The molecule has 0 unspecified atom stereocenters. The van der Waals surface area contributed by atoms with E-state index < -0.39 is 0 Å². The second-order valence-electron chi connectivity index (χ2n) is 5.52.